The van der Waals surface area contributed by atoms with Crippen LogP contribution in [0.3, 0.4) is 0 Å². The normalized spacial score (nSPS) is 12.3. The third-order valence-electron chi connectivity index (χ3n) is 2.91. The van der Waals surface area contributed by atoms with Gasteiger partial charge in [0.1, 0.15) is 0 Å². The number of hydrogen-bond acceptors (Lipinski definition) is 4. The van der Waals surface area contributed by atoms with Crippen LogP contribution in [0.15, 0.2) is 30.3 Å². The van der Waals surface area contributed by atoms with Crippen LogP contribution in [-0.2, 0) is 9.53 Å². The molecule has 0 bridgehead atoms. The number of amides is 1. The number of ether oxygens (including phenoxy) is 1. The molecule has 0 saturated carbocycles. The number of rotatable bonds is 4. The van der Waals surface area contributed by atoms with Gasteiger partial charge in [-0.05, 0) is 17.5 Å². The van der Waals surface area contributed by atoms with Gasteiger partial charge in [-0.2, -0.15) is 0 Å². The zero-order chi connectivity index (χ0) is 16.0. The van der Waals surface area contributed by atoms with Crippen molar-refractivity contribution < 1.29 is 24.2 Å². The van der Waals surface area contributed by atoms with Crippen LogP contribution in [0.2, 0.25) is 0 Å². The van der Waals surface area contributed by atoms with Crippen molar-refractivity contribution in [1.29, 1.82) is 0 Å². The lowest BCUT2D eigenvalue weighted by Crippen LogP contribution is -2.45. The predicted octanol–water partition coefficient (Wildman–Crippen LogP) is 2.44. The van der Waals surface area contributed by atoms with Crippen LogP contribution in [0, 0.1) is 5.41 Å². The van der Waals surface area contributed by atoms with Gasteiger partial charge in [-0.1, -0.05) is 39.0 Å². The highest BCUT2D eigenvalue weighted by Gasteiger charge is 2.29. The molecule has 0 aliphatic heterocycles. The van der Waals surface area contributed by atoms with Gasteiger partial charge < -0.3 is 15.2 Å². The number of aliphatic carboxylic acids is 1. The fraction of sp³-hybridized carbons (Fsp3) is 0.400. The van der Waals surface area contributed by atoms with Crippen LogP contribution in [0.4, 0.5) is 4.79 Å². The first kappa shape index (κ1) is 16.7. The topological polar surface area (TPSA) is 92.7 Å². The van der Waals surface area contributed by atoms with E-state index >= 15 is 0 Å². The minimum atomic E-state index is -1.04. The summed E-state index contributed by atoms with van der Waals surface area (Å²) in [7, 11) is 0. The van der Waals surface area contributed by atoms with Gasteiger partial charge in [-0.15, -0.1) is 0 Å². The lowest BCUT2D eigenvalue weighted by molar-refractivity contribution is -0.138. The molecule has 2 N–H and O–H groups in total. The molecule has 0 aromatic heterocycles. The molecule has 0 aliphatic rings. The van der Waals surface area contributed by atoms with Crippen LogP contribution in [-0.4, -0.2) is 29.2 Å². The van der Waals surface area contributed by atoms with E-state index in [0.29, 0.717) is 0 Å². The number of nitrogens with one attached hydrogen (secondary N) is 1. The Kier molecular flexibility index (Phi) is 5.46. The Labute approximate surface area is 123 Å². The van der Waals surface area contributed by atoms with Gasteiger partial charge >= 0.3 is 18.0 Å². The van der Waals surface area contributed by atoms with Gasteiger partial charge in [0.15, 0.2) is 0 Å². The van der Waals surface area contributed by atoms with Crippen molar-refractivity contribution in [3.05, 3.63) is 35.9 Å². The number of carbonyl (C=O) groups excluding carboxylic acids is 2. The van der Waals surface area contributed by atoms with E-state index in [-0.39, 0.29) is 12.0 Å². The van der Waals surface area contributed by atoms with Crippen LogP contribution in [0.5, 0.6) is 0 Å². The predicted molar refractivity (Wildman–Crippen MR) is 75.9 cm³/mol. The van der Waals surface area contributed by atoms with E-state index in [2.05, 4.69) is 10.1 Å². The summed E-state index contributed by atoms with van der Waals surface area (Å²) < 4.78 is 4.66. The average molecular weight is 293 g/mol. The minimum Gasteiger partial charge on any atom is -0.481 e. The molecule has 0 fully saturated rings. The smallest absolute Gasteiger partial charge is 0.415 e. The Hall–Kier alpha value is -2.37. The molecular weight excluding hydrogens is 274 g/mol. The third-order valence-corrected chi connectivity index (χ3v) is 2.91. The second kappa shape index (κ2) is 6.88. The van der Waals surface area contributed by atoms with E-state index in [1.165, 1.54) is 12.1 Å². The quantitative estimate of drug-likeness (QED) is 0.657. The molecule has 1 aromatic rings. The van der Waals surface area contributed by atoms with Gasteiger partial charge in [0.25, 0.3) is 0 Å². The highest BCUT2D eigenvalue weighted by Crippen LogP contribution is 2.22. The van der Waals surface area contributed by atoms with Crippen molar-refractivity contribution in [2.45, 2.75) is 33.2 Å². The van der Waals surface area contributed by atoms with Crippen LogP contribution in [0.1, 0.15) is 37.6 Å². The molecule has 6 nitrogen and oxygen atoms in total. The summed E-state index contributed by atoms with van der Waals surface area (Å²) in [5, 5.41) is 11.3. The van der Waals surface area contributed by atoms with E-state index in [1.54, 1.807) is 39.0 Å². The molecule has 1 amide bonds. The molecule has 0 unspecified atom stereocenters. The third kappa shape index (κ3) is 5.64. The summed E-state index contributed by atoms with van der Waals surface area (Å²) in [5.74, 6) is -1.82. The molecule has 0 saturated heterocycles. The van der Waals surface area contributed by atoms with Crippen LogP contribution < -0.4 is 5.32 Å². The summed E-state index contributed by atoms with van der Waals surface area (Å²) in [4.78, 5) is 34.2. The van der Waals surface area contributed by atoms with Crippen molar-refractivity contribution in [3.8, 4) is 0 Å². The highest BCUT2D eigenvalue weighted by molar-refractivity contribution is 5.96. The van der Waals surface area contributed by atoms with Gasteiger partial charge in [0, 0.05) is 6.04 Å². The standard InChI is InChI=1S/C15H19NO5/c1-15(2,3)11(9-12(17)18)16-14(20)21-13(19)10-7-5-4-6-8-10/h4-8,11H,9H2,1-3H3,(H,16,20)(H,17,18)/t11-/m1/s1. The molecule has 0 radical (unpaired) electrons. The summed E-state index contributed by atoms with van der Waals surface area (Å²) in [5.41, 5.74) is -0.231. The number of carbonyl (C=O) groups is 3. The molecule has 1 aromatic carbocycles. The second-order valence-electron chi connectivity index (χ2n) is 5.70. The molecule has 0 aliphatic carbocycles. The number of esters is 1. The molecular formula is C15H19NO5. The molecule has 1 rings (SSSR count). The maximum atomic E-state index is 11.7. The van der Waals surface area contributed by atoms with Crippen LogP contribution >= 0.6 is 0 Å². The van der Waals surface area contributed by atoms with Gasteiger partial charge in [0.2, 0.25) is 0 Å². The number of benzene rings is 1. The molecule has 114 valence electrons. The average Bonchev–Trinajstić information content (AvgIpc) is 2.37. The zero-order valence-corrected chi connectivity index (χ0v) is 12.3. The second-order valence-corrected chi connectivity index (χ2v) is 5.70. The molecule has 0 spiro atoms. The first-order valence-corrected chi connectivity index (χ1v) is 6.49. The van der Waals surface area contributed by atoms with Crippen molar-refractivity contribution in [3.63, 3.8) is 0 Å². The number of alkyl carbamates (subject to hydrolysis) is 1. The Balaban J connectivity index is 2.66. The van der Waals surface area contributed by atoms with Crippen molar-refractivity contribution in [2.75, 3.05) is 0 Å². The zero-order valence-electron chi connectivity index (χ0n) is 12.3. The highest BCUT2D eigenvalue weighted by atomic mass is 16.6. The number of hydrogen-bond donors (Lipinski definition) is 2. The van der Waals surface area contributed by atoms with Gasteiger partial charge in [0.05, 0.1) is 12.0 Å². The summed E-state index contributed by atoms with van der Waals surface area (Å²) in [6, 6.07) is 7.43. The SMILES string of the molecule is CC(C)(C)[C@@H](CC(=O)O)NC(=O)OC(=O)c1ccccc1. The Morgan fingerprint density at radius 2 is 1.76 bits per heavy atom. The van der Waals surface area contributed by atoms with Gasteiger partial charge in [-0.3, -0.25) is 4.79 Å². The Morgan fingerprint density at radius 1 is 1.19 bits per heavy atom. The summed E-state index contributed by atoms with van der Waals surface area (Å²) >= 11 is 0. The molecule has 0 heterocycles. The lowest BCUT2D eigenvalue weighted by Gasteiger charge is -2.29. The number of carboxylic acids is 1. The van der Waals surface area contributed by atoms with E-state index in [9.17, 15) is 14.4 Å². The van der Waals surface area contributed by atoms with Gasteiger partial charge in [-0.25, -0.2) is 9.59 Å². The maximum absolute atomic E-state index is 11.7. The van der Waals surface area contributed by atoms with E-state index < -0.39 is 29.5 Å². The largest absolute Gasteiger partial charge is 0.481 e. The van der Waals surface area contributed by atoms with Crippen molar-refractivity contribution >= 4 is 18.0 Å². The molecule has 1 atom stereocenters. The maximum Gasteiger partial charge on any atom is 0.415 e. The number of carboxylic acid groups (broad SMARTS) is 1. The molecule has 6 heteroatoms. The fourth-order valence-electron chi connectivity index (χ4n) is 1.64. The lowest BCUT2D eigenvalue weighted by atomic mass is 9.85. The van der Waals surface area contributed by atoms with Crippen LogP contribution in [0.25, 0.3) is 0 Å². The first-order chi connectivity index (χ1) is 9.70. The van der Waals surface area contributed by atoms with Crippen molar-refractivity contribution in [2.24, 2.45) is 5.41 Å². The summed E-state index contributed by atoms with van der Waals surface area (Å²) in [6.45, 7) is 5.37. The molecule has 21 heavy (non-hydrogen) atoms. The van der Waals surface area contributed by atoms with E-state index in [4.69, 9.17) is 5.11 Å². The van der Waals surface area contributed by atoms with E-state index in [1.807, 2.05) is 0 Å². The fourth-order valence-corrected chi connectivity index (χ4v) is 1.64. The van der Waals surface area contributed by atoms with E-state index in [0.717, 1.165) is 0 Å². The Morgan fingerprint density at radius 3 is 2.24 bits per heavy atom. The Bertz CT molecular complexity index is 519. The first-order valence-electron chi connectivity index (χ1n) is 6.49. The monoisotopic (exact) mass is 293 g/mol. The summed E-state index contributed by atoms with van der Waals surface area (Å²) in [6.07, 6.45) is -1.21. The minimum absolute atomic E-state index is 0.248. The van der Waals surface area contributed by atoms with Crippen molar-refractivity contribution in [1.82, 2.24) is 5.32 Å².